The van der Waals surface area contributed by atoms with Crippen LogP contribution in [0.2, 0.25) is 5.02 Å². The van der Waals surface area contributed by atoms with Gasteiger partial charge in [-0.3, -0.25) is 9.69 Å². The monoisotopic (exact) mass is 400 g/mol. The average molecular weight is 401 g/mol. The lowest BCUT2D eigenvalue weighted by atomic mass is 10.1. The number of aryl methyl sites for hydroxylation is 1. The normalized spacial score (nSPS) is 23.2. The van der Waals surface area contributed by atoms with Gasteiger partial charge in [0.05, 0.1) is 12.1 Å². The topological polar surface area (TPSA) is 59.9 Å². The molecule has 0 radical (unpaired) electrons. The number of aromatic nitrogens is 1. The van der Waals surface area contributed by atoms with Crippen molar-refractivity contribution >= 4 is 23.3 Å². The fourth-order valence-corrected chi connectivity index (χ4v) is 4.18. The summed E-state index contributed by atoms with van der Waals surface area (Å²) in [5.74, 6) is 0.951. The summed E-state index contributed by atoms with van der Waals surface area (Å²) in [5, 5.41) is 11.2. The quantitative estimate of drug-likeness (QED) is 0.854. The van der Waals surface area contributed by atoms with E-state index in [4.69, 9.17) is 11.6 Å². The number of pyridine rings is 1. The van der Waals surface area contributed by atoms with Crippen molar-refractivity contribution in [3.05, 3.63) is 58.7 Å². The first-order chi connectivity index (χ1) is 13.5. The first-order valence-electron chi connectivity index (χ1n) is 9.67. The molecule has 3 heterocycles. The van der Waals surface area contributed by atoms with Crippen LogP contribution in [-0.4, -0.2) is 77.2 Å². The Morgan fingerprint density at radius 2 is 1.79 bits per heavy atom. The van der Waals surface area contributed by atoms with E-state index in [-0.39, 0.29) is 11.9 Å². The number of aliphatic hydroxyl groups excluding tert-OH is 1. The lowest BCUT2D eigenvalue weighted by Gasteiger charge is -2.38. The predicted octanol–water partition coefficient (Wildman–Crippen LogP) is 2.05. The highest BCUT2D eigenvalue weighted by Gasteiger charge is 2.37. The third-order valence-corrected chi connectivity index (χ3v) is 5.87. The number of hydrogen-bond acceptors (Lipinski definition) is 5. The zero-order chi connectivity index (χ0) is 19.7. The largest absolute Gasteiger partial charge is 0.390 e. The van der Waals surface area contributed by atoms with Gasteiger partial charge in [0.1, 0.15) is 5.82 Å². The number of carbonyl (C=O) groups excluding carboxylic acids is 1. The zero-order valence-corrected chi connectivity index (χ0v) is 16.7. The molecule has 0 spiro atoms. The number of benzene rings is 1. The number of halogens is 1. The SMILES string of the molecule is Cc1cccc(N2C[C@H](O)[C@@H](N3CCN(C(=O)c4ccc(Cl)cc4)CC3)C2)n1. The van der Waals surface area contributed by atoms with E-state index in [1.807, 2.05) is 30.0 Å². The minimum absolute atomic E-state index is 0.0360. The van der Waals surface area contributed by atoms with Gasteiger partial charge in [-0.05, 0) is 43.3 Å². The highest BCUT2D eigenvalue weighted by molar-refractivity contribution is 6.30. The van der Waals surface area contributed by atoms with Crippen LogP contribution in [0.25, 0.3) is 0 Å². The molecule has 6 nitrogen and oxygen atoms in total. The number of hydrogen-bond donors (Lipinski definition) is 1. The molecule has 1 amide bonds. The molecule has 4 rings (SSSR count). The number of carbonyl (C=O) groups is 1. The first kappa shape index (κ1) is 19.2. The van der Waals surface area contributed by atoms with E-state index in [1.165, 1.54) is 0 Å². The Hall–Kier alpha value is -2.15. The van der Waals surface area contributed by atoms with E-state index in [9.17, 15) is 9.90 Å². The number of rotatable bonds is 3. The summed E-state index contributed by atoms with van der Waals surface area (Å²) in [6, 6.07) is 13.1. The second-order valence-electron chi connectivity index (χ2n) is 7.51. The minimum Gasteiger partial charge on any atom is -0.390 e. The molecular formula is C21H25ClN4O2. The van der Waals surface area contributed by atoms with Crippen LogP contribution in [0.15, 0.2) is 42.5 Å². The Balaban J connectivity index is 1.36. The van der Waals surface area contributed by atoms with Gasteiger partial charge in [-0.2, -0.15) is 0 Å². The molecule has 1 N–H and O–H groups in total. The summed E-state index contributed by atoms with van der Waals surface area (Å²) < 4.78 is 0. The predicted molar refractivity (Wildman–Crippen MR) is 110 cm³/mol. The molecule has 2 aliphatic heterocycles. The molecule has 28 heavy (non-hydrogen) atoms. The van der Waals surface area contributed by atoms with Gasteiger partial charge in [0.2, 0.25) is 0 Å². The molecular weight excluding hydrogens is 376 g/mol. The summed E-state index contributed by atoms with van der Waals surface area (Å²) in [5.41, 5.74) is 1.64. The standard InChI is InChI=1S/C21H25ClN4O2/c1-15-3-2-4-20(23-15)26-13-18(19(27)14-26)24-9-11-25(12-10-24)21(28)16-5-7-17(22)8-6-16/h2-8,18-19,27H,9-14H2,1H3/t18-,19-/m0/s1. The van der Waals surface area contributed by atoms with E-state index in [2.05, 4.69) is 14.8 Å². The van der Waals surface area contributed by atoms with Gasteiger partial charge in [0.15, 0.2) is 0 Å². The summed E-state index contributed by atoms with van der Waals surface area (Å²) in [6.45, 7) is 6.16. The molecule has 2 aromatic rings. The Morgan fingerprint density at radius 1 is 1.07 bits per heavy atom. The minimum atomic E-state index is -0.416. The van der Waals surface area contributed by atoms with Crippen molar-refractivity contribution in [1.82, 2.24) is 14.8 Å². The second kappa shape index (κ2) is 8.07. The molecule has 148 valence electrons. The number of aliphatic hydroxyl groups is 1. The van der Waals surface area contributed by atoms with Crippen LogP contribution in [0, 0.1) is 6.92 Å². The highest BCUT2D eigenvalue weighted by Crippen LogP contribution is 2.23. The smallest absolute Gasteiger partial charge is 0.253 e. The molecule has 2 fully saturated rings. The van der Waals surface area contributed by atoms with Gasteiger partial charge >= 0.3 is 0 Å². The summed E-state index contributed by atoms with van der Waals surface area (Å²) in [4.78, 5) is 23.6. The van der Waals surface area contributed by atoms with Crippen LogP contribution in [0.3, 0.4) is 0 Å². The maximum atomic E-state index is 12.7. The molecule has 1 aromatic carbocycles. The van der Waals surface area contributed by atoms with E-state index in [0.29, 0.717) is 30.2 Å². The maximum absolute atomic E-state index is 12.7. The van der Waals surface area contributed by atoms with Crippen molar-refractivity contribution in [1.29, 1.82) is 0 Å². The molecule has 2 aliphatic rings. The summed E-state index contributed by atoms with van der Waals surface area (Å²) in [6.07, 6.45) is -0.416. The van der Waals surface area contributed by atoms with E-state index >= 15 is 0 Å². The average Bonchev–Trinajstić information content (AvgIpc) is 3.10. The molecule has 7 heteroatoms. The third kappa shape index (κ3) is 3.99. The zero-order valence-electron chi connectivity index (χ0n) is 16.0. The van der Waals surface area contributed by atoms with Crippen LogP contribution < -0.4 is 4.90 Å². The lowest BCUT2D eigenvalue weighted by molar-refractivity contribution is 0.0376. The van der Waals surface area contributed by atoms with Crippen molar-refractivity contribution in [3.8, 4) is 0 Å². The van der Waals surface area contributed by atoms with Crippen molar-refractivity contribution in [2.75, 3.05) is 44.2 Å². The Bertz CT molecular complexity index is 837. The second-order valence-corrected chi connectivity index (χ2v) is 7.95. The summed E-state index contributed by atoms with van der Waals surface area (Å²) >= 11 is 5.91. The van der Waals surface area contributed by atoms with Crippen molar-refractivity contribution in [2.45, 2.75) is 19.1 Å². The molecule has 0 bridgehead atoms. The first-order valence-corrected chi connectivity index (χ1v) is 10.0. The van der Waals surface area contributed by atoms with Gasteiger partial charge < -0.3 is 14.9 Å². The molecule has 0 saturated carbocycles. The van der Waals surface area contributed by atoms with Gasteiger partial charge in [0.25, 0.3) is 5.91 Å². The lowest BCUT2D eigenvalue weighted by Crippen LogP contribution is -2.54. The van der Waals surface area contributed by atoms with Crippen LogP contribution in [0.1, 0.15) is 16.1 Å². The fraction of sp³-hybridized carbons (Fsp3) is 0.429. The van der Waals surface area contributed by atoms with Crippen LogP contribution in [0.5, 0.6) is 0 Å². The van der Waals surface area contributed by atoms with Crippen molar-refractivity contribution in [2.24, 2.45) is 0 Å². The van der Waals surface area contributed by atoms with Crippen molar-refractivity contribution in [3.63, 3.8) is 0 Å². The van der Waals surface area contributed by atoms with E-state index in [0.717, 1.165) is 31.1 Å². The Morgan fingerprint density at radius 3 is 2.46 bits per heavy atom. The highest BCUT2D eigenvalue weighted by atomic mass is 35.5. The third-order valence-electron chi connectivity index (χ3n) is 5.62. The number of anilines is 1. The number of nitrogens with zero attached hydrogens (tertiary/aromatic N) is 4. The van der Waals surface area contributed by atoms with Crippen molar-refractivity contribution < 1.29 is 9.90 Å². The summed E-state index contributed by atoms with van der Waals surface area (Å²) in [7, 11) is 0. The van der Waals surface area contributed by atoms with Crippen LogP contribution in [-0.2, 0) is 0 Å². The number of amides is 1. The van der Waals surface area contributed by atoms with Gasteiger partial charge in [-0.15, -0.1) is 0 Å². The maximum Gasteiger partial charge on any atom is 0.253 e. The molecule has 2 saturated heterocycles. The Labute approximate surface area is 170 Å². The molecule has 0 aliphatic carbocycles. The molecule has 0 unspecified atom stereocenters. The van der Waals surface area contributed by atoms with Gasteiger partial charge in [0, 0.05) is 55.5 Å². The molecule has 1 aromatic heterocycles. The van der Waals surface area contributed by atoms with Gasteiger partial charge in [-0.1, -0.05) is 17.7 Å². The van der Waals surface area contributed by atoms with Gasteiger partial charge in [-0.25, -0.2) is 4.98 Å². The van der Waals surface area contributed by atoms with Crippen LogP contribution in [0.4, 0.5) is 5.82 Å². The van der Waals surface area contributed by atoms with E-state index < -0.39 is 6.10 Å². The van der Waals surface area contributed by atoms with Crippen LogP contribution >= 0.6 is 11.6 Å². The van der Waals surface area contributed by atoms with E-state index in [1.54, 1.807) is 24.3 Å². The fourth-order valence-electron chi connectivity index (χ4n) is 4.05. The number of β-amino-alcohol motifs (C(OH)–C–C–N with tert-alkyl or cyclic N) is 1. The number of piperazine rings is 1. The Kier molecular flexibility index (Phi) is 5.53. The molecule has 2 atom stereocenters.